The van der Waals surface area contributed by atoms with Crippen molar-refractivity contribution in [1.82, 2.24) is 10.9 Å². The van der Waals surface area contributed by atoms with Gasteiger partial charge in [0.05, 0.1) is 5.69 Å². The van der Waals surface area contributed by atoms with E-state index in [-0.39, 0.29) is 16.7 Å². The number of carbonyl (C=O) groups is 1. The maximum Gasteiger partial charge on any atom is 0.239 e. The molecule has 132 valence electrons. The molecule has 0 unspecified atom stereocenters. The van der Waals surface area contributed by atoms with Crippen LogP contribution in [0.2, 0.25) is 0 Å². The van der Waals surface area contributed by atoms with Crippen LogP contribution in [0.25, 0.3) is 0 Å². The predicted octanol–water partition coefficient (Wildman–Crippen LogP) is 3.94. The first-order chi connectivity index (χ1) is 12.0. The molecule has 3 N–H and O–H groups in total. The lowest BCUT2D eigenvalue weighted by molar-refractivity contribution is -0.121. The van der Waals surface area contributed by atoms with Gasteiger partial charge in [-0.2, -0.15) is 0 Å². The monoisotopic (exact) mass is 377 g/mol. The number of carbonyl (C=O) groups excluding carboxylic acids is 1. The average molecular weight is 378 g/mol. The van der Waals surface area contributed by atoms with Crippen molar-refractivity contribution < 1.29 is 9.18 Å². The SMILES string of the molecule is Cc1ccc(SCCC(=O)NNC(=S)Nc2ccccc2F)cc1C. The number of amides is 1. The highest BCUT2D eigenvalue weighted by molar-refractivity contribution is 7.99. The third-order valence-corrected chi connectivity index (χ3v) is 4.71. The van der Waals surface area contributed by atoms with E-state index in [2.05, 4.69) is 48.2 Å². The van der Waals surface area contributed by atoms with Crippen molar-refractivity contribution in [3.05, 3.63) is 59.4 Å². The summed E-state index contributed by atoms with van der Waals surface area (Å²) in [5.74, 6) is 0.0561. The Morgan fingerprint density at radius 2 is 1.88 bits per heavy atom. The van der Waals surface area contributed by atoms with E-state index in [0.717, 1.165) is 4.90 Å². The number of thiocarbonyl (C=S) groups is 1. The van der Waals surface area contributed by atoms with Crippen LogP contribution in [-0.4, -0.2) is 16.8 Å². The summed E-state index contributed by atoms with van der Waals surface area (Å²) in [7, 11) is 0. The third-order valence-electron chi connectivity index (χ3n) is 3.51. The molecule has 0 aliphatic carbocycles. The number of hydrogen-bond acceptors (Lipinski definition) is 3. The molecule has 0 aliphatic heterocycles. The predicted molar refractivity (Wildman–Crippen MR) is 105 cm³/mol. The van der Waals surface area contributed by atoms with Crippen molar-refractivity contribution >= 4 is 40.7 Å². The molecule has 4 nitrogen and oxygen atoms in total. The quantitative estimate of drug-likeness (QED) is 0.419. The summed E-state index contributed by atoms with van der Waals surface area (Å²) in [6.45, 7) is 4.14. The van der Waals surface area contributed by atoms with Crippen LogP contribution in [0, 0.1) is 19.7 Å². The normalized spacial score (nSPS) is 10.2. The number of para-hydroxylation sites is 1. The van der Waals surface area contributed by atoms with Crippen molar-refractivity contribution in [3.63, 3.8) is 0 Å². The Kier molecular flexibility index (Phi) is 7.21. The second-order valence-electron chi connectivity index (χ2n) is 5.45. The van der Waals surface area contributed by atoms with Crippen LogP contribution >= 0.6 is 24.0 Å². The van der Waals surface area contributed by atoms with Gasteiger partial charge >= 0.3 is 0 Å². The molecule has 0 spiro atoms. The number of anilines is 1. The van der Waals surface area contributed by atoms with E-state index in [1.54, 1.807) is 30.0 Å². The molecule has 0 aromatic heterocycles. The van der Waals surface area contributed by atoms with Crippen LogP contribution in [0.15, 0.2) is 47.4 Å². The lowest BCUT2D eigenvalue weighted by Crippen LogP contribution is -2.43. The van der Waals surface area contributed by atoms with Gasteiger partial charge in [0.25, 0.3) is 0 Å². The topological polar surface area (TPSA) is 53.2 Å². The number of hydrogen-bond donors (Lipinski definition) is 3. The standard InChI is InChI=1S/C18H20FN3OS2/c1-12-7-8-14(11-13(12)2)25-10-9-17(23)21-22-18(24)20-16-6-4-3-5-15(16)19/h3-8,11H,9-10H2,1-2H3,(H,21,23)(H2,20,22,24). The summed E-state index contributed by atoms with van der Waals surface area (Å²) < 4.78 is 13.5. The van der Waals surface area contributed by atoms with Crippen molar-refractivity contribution in [2.75, 3.05) is 11.1 Å². The van der Waals surface area contributed by atoms with Crippen molar-refractivity contribution in [3.8, 4) is 0 Å². The number of halogens is 1. The summed E-state index contributed by atoms with van der Waals surface area (Å²) in [6, 6.07) is 12.4. The molecule has 0 aliphatic rings. The average Bonchev–Trinajstić information content (AvgIpc) is 2.58. The van der Waals surface area contributed by atoms with Crippen LogP contribution in [0.3, 0.4) is 0 Å². The van der Waals surface area contributed by atoms with E-state index in [4.69, 9.17) is 12.2 Å². The van der Waals surface area contributed by atoms with Gasteiger partial charge in [0.15, 0.2) is 5.11 Å². The Bertz CT molecular complexity index is 768. The molecule has 2 aromatic rings. The fourth-order valence-electron chi connectivity index (χ4n) is 1.97. The number of nitrogens with one attached hydrogen (secondary N) is 3. The summed E-state index contributed by atoms with van der Waals surface area (Å²) in [5, 5.41) is 2.81. The minimum absolute atomic E-state index is 0.125. The molecular weight excluding hydrogens is 357 g/mol. The summed E-state index contributed by atoms with van der Waals surface area (Å²) in [6.07, 6.45) is 0.340. The summed E-state index contributed by atoms with van der Waals surface area (Å²) in [4.78, 5) is 13.0. The molecule has 2 rings (SSSR count). The lowest BCUT2D eigenvalue weighted by Gasteiger charge is -2.12. The largest absolute Gasteiger partial charge is 0.329 e. The van der Waals surface area contributed by atoms with Gasteiger partial charge in [-0.3, -0.25) is 15.6 Å². The number of benzene rings is 2. The van der Waals surface area contributed by atoms with E-state index in [0.29, 0.717) is 12.2 Å². The first-order valence-corrected chi connectivity index (χ1v) is 9.15. The van der Waals surface area contributed by atoms with Crippen LogP contribution in [-0.2, 0) is 4.79 Å². The van der Waals surface area contributed by atoms with Gasteiger partial charge in [-0.15, -0.1) is 11.8 Å². The van der Waals surface area contributed by atoms with Gasteiger partial charge in [-0.25, -0.2) is 4.39 Å². The van der Waals surface area contributed by atoms with E-state index in [9.17, 15) is 9.18 Å². The molecular formula is C18H20FN3OS2. The first-order valence-electron chi connectivity index (χ1n) is 7.76. The Morgan fingerprint density at radius 1 is 1.12 bits per heavy atom. The van der Waals surface area contributed by atoms with E-state index >= 15 is 0 Å². The van der Waals surface area contributed by atoms with Crippen molar-refractivity contribution in [2.24, 2.45) is 0 Å². The highest BCUT2D eigenvalue weighted by Crippen LogP contribution is 2.21. The molecule has 0 heterocycles. The Balaban J connectivity index is 1.69. The minimum atomic E-state index is -0.414. The zero-order chi connectivity index (χ0) is 18.2. The maximum atomic E-state index is 13.5. The minimum Gasteiger partial charge on any atom is -0.329 e. The van der Waals surface area contributed by atoms with Crippen LogP contribution in [0.1, 0.15) is 17.5 Å². The Labute approximate surface area is 156 Å². The van der Waals surface area contributed by atoms with Gasteiger partial charge in [-0.1, -0.05) is 18.2 Å². The highest BCUT2D eigenvalue weighted by Gasteiger charge is 2.05. The van der Waals surface area contributed by atoms with Gasteiger partial charge in [0.1, 0.15) is 5.82 Å². The fourth-order valence-corrected chi connectivity index (χ4v) is 3.08. The first kappa shape index (κ1) is 19.2. The molecule has 0 saturated carbocycles. The molecule has 0 saturated heterocycles. The number of aryl methyl sites for hydroxylation is 2. The zero-order valence-corrected chi connectivity index (χ0v) is 15.7. The summed E-state index contributed by atoms with van der Waals surface area (Å²) >= 11 is 6.64. The molecule has 1 amide bonds. The van der Waals surface area contributed by atoms with Crippen molar-refractivity contribution in [2.45, 2.75) is 25.2 Å². The van der Waals surface area contributed by atoms with Crippen LogP contribution in [0.5, 0.6) is 0 Å². The van der Waals surface area contributed by atoms with Gasteiger partial charge in [0, 0.05) is 17.1 Å². The molecule has 7 heteroatoms. The van der Waals surface area contributed by atoms with Gasteiger partial charge in [-0.05, 0) is 61.5 Å². The number of thioether (sulfide) groups is 1. The fraction of sp³-hybridized carbons (Fsp3) is 0.222. The zero-order valence-electron chi connectivity index (χ0n) is 14.1. The van der Waals surface area contributed by atoms with Gasteiger partial charge in [0.2, 0.25) is 5.91 Å². The molecule has 25 heavy (non-hydrogen) atoms. The summed E-state index contributed by atoms with van der Waals surface area (Å²) in [5.41, 5.74) is 7.81. The third kappa shape index (κ3) is 6.36. The number of rotatable bonds is 5. The molecule has 0 fully saturated rings. The van der Waals surface area contributed by atoms with E-state index < -0.39 is 5.82 Å². The molecule has 0 atom stereocenters. The van der Waals surface area contributed by atoms with E-state index in [1.807, 2.05) is 0 Å². The van der Waals surface area contributed by atoms with E-state index in [1.165, 1.54) is 17.2 Å². The maximum absolute atomic E-state index is 13.5. The number of hydrazine groups is 1. The lowest BCUT2D eigenvalue weighted by atomic mass is 10.1. The van der Waals surface area contributed by atoms with Crippen LogP contribution < -0.4 is 16.2 Å². The second kappa shape index (κ2) is 9.39. The molecule has 0 bridgehead atoms. The Hall–Kier alpha value is -2.12. The van der Waals surface area contributed by atoms with Crippen LogP contribution in [0.4, 0.5) is 10.1 Å². The van der Waals surface area contributed by atoms with Gasteiger partial charge < -0.3 is 5.32 Å². The Morgan fingerprint density at radius 3 is 2.60 bits per heavy atom. The smallest absolute Gasteiger partial charge is 0.239 e. The second-order valence-corrected chi connectivity index (χ2v) is 7.03. The molecule has 0 radical (unpaired) electrons. The highest BCUT2D eigenvalue weighted by atomic mass is 32.2. The van der Waals surface area contributed by atoms with Crippen molar-refractivity contribution in [1.29, 1.82) is 0 Å². The molecule has 2 aromatic carbocycles.